The number of hydrogen-bond donors (Lipinski definition) is 2. The third kappa shape index (κ3) is 5.78. The monoisotopic (exact) mass is 419 g/mol. The number of aliphatic carboxylic acids is 1. The molecule has 0 aromatic heterocycles. The Bertz CT molecular complexity index is 887. The summed E-state index contributed by atoms with van der Waals surface area (Å²) in [6.07, 6.45) is 0.0443. The molecule has 2 rings (SSSR count). The molecule has 1 amide bonds. The molecular weight excluding hydrogens is 396 g/mol. The van der Waals surface area contributed by atoms with Crippen molar-refractivity contribution in [1.29, 1.82) is 0 Å². The van der Waals surface area contributed by atoms with Gasteiger partial charge in [0.05, 0.1) is 12.8 Å². The number of nitrogens with one attached hydrogen (secondary N) is 1. The van der Waals surface area contributed by atoms with Crippen molar-refractivity contribution in [1.82, 2.24) is 5.32 Å². The smallest absolute Gasteiger partial charge is 0.326 e. The summed E-state index contributed by atoms with van der Waals surface area (Å²) in [6, 6.07) is 11.2. The van der Waals surface area contributed by atoms with E-state index >= 15 is 0 Å². The van der Waals surface area contributed by atoms with Crippen LogP contribution in [0.1, 0.15) is 18.1 Å². The Hall–Kier alpha value is -2.91. The summed E-state index contributed by atoms with van der Waals surface area (Å²) < 4.78 is 29.6. The molecule has 0 fully saturated rings. The van der Waals surface area contributed by atoms with Gasteiger partial charge in [-0.15, -0.1) is 0 Å². The predicted molar refractivity (Wildman–Crippen MR) is 108 cm³/mol. The lowest BCUT2D eigenvalue weighted by Gasteiger charge is -2.33. The maximum absolute atomic E-state index is 12.7. The van der Waals surface area contributed by atoms with Crippen molar-refractivity contribution in [2.45, 2.75) is 32.4 Å². The van der Waals surface area contributed by atoms with Gasteiger partial charge >= 0.3 is 5.97 Å². The third-order valence-electron chi connectivity index (χ3n) is 4.46. The first-order valence-corrected chi connectivity index (χ1v) is 9.88. The quantitative estimate of drug-likeness (QED) is 0.598. The molecule has 3 atom stereocenters. The number of anilines is 1. The number of ether oxygens (including phenoxy) is 1. The van der Waals surface area contributed by atoms with Crippen molar-refractivity contribution in [3.8, 4) is 5.75 Å². The summed E-state index contributed by atoms with van der Waals surface area (Å²) >= 11 is -2.72. The highest BCUT2D eigenvalue weighted by atomic mass is 32.2. The van der Waals surface area contributed by atoms with Gasteiger partial charge in [-0.05, 0) is 43.2 Å². The predicted octanol–water partition coefficient (Wildman–Crippen LogP) is 1.80. The zero-order valence-electron chi connectivity index (χ0n) is 16.3. The fraction of sp³-hybridized carbons (Fsp3) is 0.300. The molecule has 0 bridgehead atoms. The Kier molecular flexibility index (Phi) is 7.74. The average Bonchev–Trinajstić information content (AvgIpc) is 2.69. The van der Waals surface area contributed by atoms with E-state index < -0.39 is 35.2 Å². The number of para-hydroxylation sites is 1. The maximum Gasteiger partial charge on any atom is 0.326 e. The highest BCUT2D eigenvalue weighted by Crippen LogP contribution is 2.23. The SMILES string of the molecule is COc1ccc(C[C@H](NC(=O)[C@H](C)N(c2ccccc2C)S(=O)[O-])C(=O)O)cc1. The third-order valence-corrected chi connectivity index (χ3v) is 5.29. The van der Waals surface area contributed by atoms with E-state index in [4.69, 9.17) is 4.74 Å². The van der Waals surface area contributed by atoms with Crippen molar-refractivity contribution in [3.63, 3.8) is 0 Å². The average molecular weight is 419 g/mol. The first-order chi connectivity index (χ1) is 13.7. The van der Waals surface area contributed by atoms with Gasteiger partial charge in [0, 0.05) is 17.7 Å². The topological polar surface area (TPSA) is 119 Å². The lowest BCUT2D eigenvalue weighted by Crippen LogP contribution is -2.51. The molecule has 1 unspecified atom stereocenters. The number of benzene rings is 2. The van der Waals surface area contributed by atoms with Crippen LogP contribution in [0.25, 0.3) is 0 Å². The minimum atomic E-state index is -2.72. The van der Waals surface area contributed by atoms with E-state index in [1.54, 1.807) is 55.5 Å². The Balaban J connectivity index is 2.17. The van der Waals surface area contributed by atoms with Crippen molar-refractivity contribution >= 4 is 28.8 Å². The standard InChI is InChI=1S/C20H24N2O6S/c1-13-6-4-5-7-18(13)22(29(26)27)14(2)19(23)21-17(20(24)25)12-15-8-10-16(28-3)11-9-15/h4-11,14,17H,12H2,1-3H3,(H,21,23)(H,24,25)(H,26,27)/p-1/t14-,17-/m0/s1. The number of nitrogens with zero attached hydrogens (tertiary/aromatic N) is 1. The molecule has 0 aliphatic carbocycles. The minimum Gasteiger partial charge on any atom is -0.755 e. The van der Waals surface area contributed by atoms with Crippen molar-refractivity contribution in [2.75, 3.05) is 11.4 Å². The van der Waals surface area contributed by atoms with Gasteiger partial charge in [-0.1, -0.05) is 30.3 Å². The summed E-state index contributed by atoms with van der Waals surface area (Å²) in [5.41, 5.74) is 1.71. The van der Waals surface area contributed by atoms with Gasteiger partial charge < -0.3 is 19.7 Å². The molecule has 2 aromatic rings. The fourth-order valence-corrected chi connectivity index (χ4v) is 3.54. The van der Waals surface area contributed by atoms with Gasteiger partial charge in [-0.25, -0.2) is 4.79 Å². The molecule has 8 nitrogen and oxygen atoms in total. The molecule has 0 saturated carbocycles. The van der Waals surface area contributed by atoms with Crippen molar-refractivity contribution < 1.29 is 28.2 Å². The molecule has 0 heterocycles. The number of carbonyl (C=O) groups excluding carboxylic acids is 1. The largest absolute Gasteiger partial charge is 0.755 e. The summed E-state index contributed by atoms with van der Waals surface area (Å²) in [5.74, 6) is -1.30. The Morgan fingerprint density at radius 1 is 1.21 bits per heavy atom. The van der Waals surface area contributed by atoms with Crippen LogP contribution in [-0.4, -0.2) is 44.9 Å². The first kappa shape index (κ1) is 22.4. The van der Waals surface area contributed by atoms with Gasteiger partial charge in [-0.3, -0.25) is 13.3 Å². The second-order valence-corrected chi connectivity index (χ2v) is 7.28. The number of carboxylic acid groups (broad SMARTS) is 1. The number of carbonyl (C=O) groups is 2. The van der Waals surface area contributed by atoms with E-state index in [-0.39, 0.29) is 6.42 Å². The van der Waals surface area contributed by atoms with Crippen LogP contribution in [0.3, 0.4) is 0 Å². The van der Waals surface area contributed by atoms with Crippen molar-refractivity contribution in [3.05, 3.63) is 59.7 Å². The van der Waals surface area contributed by atoms with Gasteiger partial charge in [0.1, 0.15) is 17.8 Å². The molecule has 156 valence electrons. The lowest BCUT2D eigenvalue weighted by molar-refractivity contribution is -0.141. The van der Waals surface area contributed by atoms with E-state index in [0.717, 1.165) is 4.31 Å². The maximum atomic E-state index is 12.7. The zero-order valence-corrected chi connectivity index (χ0v) is 17.1. The minimum absolute atomic E-state index is 0.0443. The number of methoxy groups -OCH3 is 1. The molecule has 2 aromatic carbocycles. The molecule has 9 heteroatoms. The summed E-state index contributed by atoms with van der Waals surface area (Å²) in [5, 5.41) is 11.9. The van der Waals surface area contributed by atoms with Crippen LogP contribution in [0.5, 0.6) is 5.75 Å². The number of aryl methyl sites for hydroxylation is 1. The normalized spacial score (nSPS) is 13.8. The Labute approximate surface area is 171 Å². The molecule has 2 N–H and O–H groups in total. The first-order valence-electron chi connectivity index (χ1n) is 8.85. The van der Waals surface area contributed by atoms with E-state index in [1.807, 2.05) is 0 Å². The molecule has 0 radical (unpaired) electrons. The van der Waals surface area contributed by atoms with Gasteiger partial charge in [0.25, 0.3) is 0 Å². The summed E-state index contributed by atoms with van der Waals surface area (Å²) in [4.78, 5) is 24.3. The second-order valence-electron chi connectivity index (χ2n) is 6.46. The number of carboxylic acids is 1. The molecular formula is C20H23N2O6S-. The highest BCUT2D eigenvalue weighted by Gasteiger charge is 2.28. The number of amides is 1. The molecule has 29 heavy (non-hydrogen) atoms. The highest BCUT2D eigenvalue weighted by molar-refractivity contribution is 7.80. The lowest BCUT2D eigenvalue weighted by atomic mass is 10.1. The van der Waals surface area contributed by atoms with Crippen LogP contribution in [0.2, 0.25) is 0 Å². The molecule has 0 saturated heterocycles. The van der Waals surface area contributed by atoms with Crippen LogP contribution >= 0.6 is 0 Å². The molecule has 0 spiro atoms. The van der Waals surface area contributed by atoms with Crippen LogP contribution in [0, 0.1) is 6.92 Å². The summed E-state index contributed by atoms with van der Waals surface area (Å²) in [6.45, 7) is 3.13. The number of rotatable bonds is 9. The molecule has 0 aliphatic heterocycles. The van der Waals surface area contributed by atoms with Crippen molar-refractivity contribution in [2.24, 2.45) is 0 Å². The Morgan fingerprint density at radius 2 is 1.83 bits per heavy atom. The Morgan fingerprint density at radius 3 is 2.34 bits per heavy atom. The van der Waals surface area contributed by atoms with E-state index in [2.05, 4.69) is 5.32 Å². The second kappa shape index (κ2) is 10.0. The van der Waals surface area contributed by atoms with Gasteiger partial charge in [0.2, 0.25) is 5.91 Å². The van der Waals surface area contributed by atoms with E-state index in [1.165, 1.54) is 14.0 Å². The zero-order chi connectivity index (χ0) is 21.6. The molecule has 0 aliphatic rings. The van der Waals surface area contributed by atoms with Crippen LogP contribution in [0.4, 0.5) is 5.69 Å². The fourth-order valence-electron chi connectivity index (χ4n) is 2.82. The van der Waals surface area contributed by atoms with E-state index in [9.17, 15) is 23.5 Å². The van der Waals surface area contributed by atoms with Gasteiger partial charge in [0.15, 0.2) is 0 Å². The van der Waals surface area contributed by atoms with Crippen LogP contribution in [0.15, 0.2) is 48.5 Å². The summed E-state index contributed by atoms with van der Waals surface area (Å²) in [7, 11) is 1.52. The van der Waals surface area contributed by atoms with E-state index in [0.29, 0.717) is 22.6 Å². The van der Waals surface area contributed by atoms with Gasteiger partial charge in [-0.2, -0.15) is 0 Å². The van der Waals surface area contributed by atoms with Crippen LogP contribution in [-0.2, 0) is 27.3 Å². The number of hydrogen-bond acceptors (Lipinski definition) is 5. The van der Waals surface area contributed by atoms with Crippen LogP contribution < -0.4 is 14.4 Å².